The van der Waals surface area contributed by atoms with Gasteiger partial charge in [0.05, 0.1) is 12.2 Å². The summed E-state index contributed by atoms with van der Waals surface area (Å²) >= 11 is 0. The van der Waals surface area contributed by atoms with Gasteiger partial charge >= 0.3 is 0 Å². The molecule has 0 radical (unpaired) electrons. The summed E-state index contributed by atoms with van der Waals surface area (Å²) in [4.78, 5) is 6.85. The molecule has 1 heterocycles. The zero-order chi connectivity index (χ0) is 14.4. The van der Waals surface area contributed by atoms with Crippen LogP contribution in [0.2, 0.25) is 0 Å². The summed E-state index contributed by atoms with van der Waals surface area (Å²) in [6.45, 7) is 6.71. The summed E-state index contributed by atoms with van der Waals surface area (Å²) < 4.78 is 0. The molecule has 0 bridgehead atoms. The van der Waals surface area contributed by atoms with E-state index in [1.807, 2.05) is 12.3 Å². The van der Waals surface area contributed by atoms with Crippen LogP contribution in [-0.2, 0) is 6.54 Å². The number of nitrogens with zero attached hydrogens (tertiary/aromatic N) is 2. The first kappa shape index (κ1) is 14.5. The van der Waals surface area contributed by atoms with E-state index in [-0.39, 0.29) is 0 Å². The van der Waals surface area contributed by atoms with Crippen LogP contribution in [0.15, 0.2) is 42.6 Å². The Bertz CT molecular complexity index is 534. The number of aromatic nitrogens is 1. The second kappa shape index (κ2) is 7.06. The van der Waals surface area contributed by atoms with Gasteiger partial charge in [0.2, 0.25) is 0 Å². The van der Waals surface area contributed by atoms with Crippen molar-refractivity contribution in [2.24, 2.45) is 5.73 Å². The fraction of sp³-hybridized carbons (Fsp3) is 0.353. The highest BCUT2D eigenvalue weighted by atomic mass is 15.1. The first-order chi connectivity index (χ1) is 9.70. The molecule has 20 heavy (non-hydrogen) atoms. The van der Waals surface area contributed by atoms with Crippen molar-refractivity contribution < 1.29 is 0 Å². The highest BCUT2D eigenvalue weighted by Gasteiger charge is 2.09. The van der Waals surface area contributed by atoms with Crippen LogP contribution in [0.4, 0.5) is 5.69 Å². The Hall–Kier alpha value is -1.87. The van der Waals surface area contributed by atoms with Crippen LogP contribution in [0.1, 0.15) is 23.2 Å². The van der Waals surface area contributed by atoms with E-state index in [0.717, 1.165) is 25.2 Å². The monoisotopic (exact) mass is 269 g/mol. The average Bonchev–Trinajstić information content (AvgIpc) is 2.46. The molecule has 0 spiro atoms. The Morgan fingerprint density at radius 3 is 2.50 bits per heavy atom. The Labute approximate surface area is 121 Å². The fourth-order valence-corrected chi connectivity index (χ4v) is 2.20. The Balaban J connectivity index is 2.19. The van der Waals surface area contributed by atoms with E-state index >= 15 is 0 Å². The van der Waals surface area contributed by atoms with Crippen molar-refractivity contribution in [3.05, 3.63) is 59.4 Å². The molecule has 0 aliphatic heterocycles. The number of nitrogens with two attached hydrogens (primary N) is 1. The van der Waals surface area contributed by atoms with E-state index in [9.17, 15) is 0 Å². The molecule has 0 aliphatic carbocycles. The lowest BCUT2D eigenvalue weighted by Crippen LogP contribution is -2.26. The lowest BCUT2D eigenvalue weighted by molar-refractivity contribution is 0.723. The van der Waals surface area contributed by atoms with E-state index in [2.05, 4.69) is 54.1 Å². The summed E-state index contributed by atoms with van der Waals surface area (Å²) in [6.07, 6.45) is 2.85. The molecule has 0 saturated carbocycles. The number of hydrogen-bond acceptors (Lipinski definition) is 3. The first-order valence-electron chi connectivity index (χ1n) is 7.13. The molecule has 106 valence electrons. The standard InChI is InChI=1S/C17H23N3/c1-14-6-8-16(9-7-14)20(12-4-10-18)13-17-15(2)5-3-11-19-17/h3,5-9,11H,4,10,12-13,18H2,1-2H3. The minimum atomic E-state index is 0.712. The normalized spacial score (nSPS) is 10.6. The molecular formula is C17H23N3. The summed E-state index contributed by atoms with van der Waals surface area (Å²) in [7, 11) is 0. The fourth-order valence-electron chi connectivity index (χ4n) is 2.20. The average molecular weight is 269 g/mol. The van der Waals surface area contributed by atoms with Crippen molar-refractivity contribution in [3.8, 4) is 0 Å². The van der Waals surface area contributed by atoms with Crippen molar-refractivity contribution in [2.75, 3.05) is 18.0 Å². The van der Waals surface area contributed by atoms with Gasteiger partial charge in [-0.2, -0.15) is 0 Å². The number of aryl methyl sites for hydroxylation is 2. The maximum Gasteiger partial charge on any atom is 0.0626 e. The minimum Gasteiger partial charge on any atom is -0.366 e. The zero-order valence-electron chi connectivity index (χ0n) is 12.3. The van der Waals surface area contributed by atoms with Gasteiger partial charge in [-0.1, -0.05) is 23.8 Å². The van der Waals surface area contributed by atoms with E-state index in [4.69, 9.17) is 5.73 Å². The van der Waals surface area contributed by atoms with E-state index in [1.165, 1.54) is 16.8 Å². The molecular weight excluding hydrogens is 246 g/mol. The third kappa shape index (κ3) is 3.81. The van der Waals surface area contributed by atoms with Gasteiger partial charge in [0.15, 0.2) is 0 Å². The molecule has 2 N–H and O–H groups in total. The van der Waals surface area contributed by atoms with Gasteiger partial charge in [-0.15, -0.1) is 0 Å². The number of pyridine rings is 1. The first-order valence-corrected chi connectivity index (χ1v) is 7.13. The van der Waals surface area contributed by atoms with Crippen LogP contribution in [0.3, 0.4) is 0 Å². The zero-order valence-corrected chi connectivity index (χ0v) is 12.3. The van der Waals surface area contributed by atoms with Crippen LogP contribution in [-0.4, -0.2) is 18.1 Å². The molecule has 0 atom stereocenters. The van der Waals surface area contributed by atoms with Gasteiger partial charge < -0.3 is 10.6 Å². The van der Waals surface area contributed by atoms with E-state index in [0.29, 0.717) is 6.54 Å². The maximum absolute atomic E-state index is 5.66. The van der Waals surface area contributed by atoms with Crippen molar-refractivity contribution in [1.29, 1.82) is 0 Å². The van der Waals surface area contributed by atoms with Gasteiger partial charge in [0.25, 0.3) is 0 Å². The summed E-state index contributed by atoms with van der Waals surface area (Å²) in [5, 5.41) is 0. The second-order valence-corrected chi connectivity index (χ2v) is 5.17. The molecule has 0 amide bonds. The smallest absolute Gasteiger partial charge is 0.0626 e. The molecule has 3 heteroatoms. The van der Waals surface area contributed by atoms with Crippen molar-refractivity contribution in [2.45, 2.75) is 26.8 Å². The van der Waals surface area contributed by atoms with Crippen molar-refractivity contribution in [3.63, 3.8) is 0 Å². The molecule has 1 aromatic carbocycles. The third-order valence-electron chi connectivity index (χ3n) is 3.49. The van der Waals surface area contributed by atoms with E-state index < -0.39 is 0 Å². The number of benzene rings is 1. The minimum absolute atomic E-state index is 0.712. The quantitative estimate of drug-likeness (QED) is 0.876. The molecule has 2 rings (SSSR count). The number of rotatable bonds is 6. The van der Waals surface area contributed by atoms with Gasteiger partial charge in [0, 0.05) is 18.4 Å². The van der Waals surface area contributed by atoms with Crippen LogP contribution in [0.5, 0.6) is 0 Å². The molecule has 0 aliphatic rings. The summed E-state index contributed by atoms with van der Waals surface area (Å²) in [6, 6.07) is 12.7. The van der Waals surface area contributed by atoms with Crippen LogP contribution >= 0.6 is 0 Å². The predicted molar refractivity (Wildman–Crippen MR) is 84.9 cm³/mol. The Morgan fingerprint density at radius 1 is 1.10 bits per heavy atom. The van der Waals surface area contributed by atoms with Gasteiger partial charge in [0.1, 0.15) is 0 Å². The molecule has 2 aromatic rings. The van der Waals surface area contributed by atoms with Crippen molar-refractivity contribution in [1.82, 2.24) is 4.98 Å². The highest BCUT2D eigenvalue weighted by Crippen LogP contribution is 2.18. The summed E-state index contributed by atoms with van der Waals surface area (Å²) in [5.74, 6) is 0. The molecule has 1 aromatic heterocycles. The highest BCUT2D eigenvalue weighted by molar-refractivity contribution is 5.48. The summed E-state index contributed by atoms with van der Waals surface area (Å²) in [5.41, 5.74) is 10.5. The van der Waals surface area contributed by atoms with Crippen LogP contribution < -0.4 is 10.6 Å². The maximum atomic E-state index is 5.66. The molecule has 0 fully saturated rings. The molecule has 0 saturated heterocycles. The molecule has 0 unspecified atom stereocenters. The van der Waals surface area contributed by atoms with Crippen molar-refractivity contribution >= 4 is 5.69 Å². The van der Waals surface area contributed by atoms with E-state index in [1.54, 1.807) is 0 Å². The number of anilines is 1. The number of hydrogen-bond donors (Lipinski definition) is 1. The lowest BCUT2D eigenvalue weighted by atomic mass is 10.1. The van der Waals surface area contributed by atoms with Gasteiger partial charge in [-0.25, -0.2) is 0 Å². The topological polar surface area (TPSA) is 42.1 Å². The Kier molecular flexibility index (Phi) is 5.13. The van der Waals surface area contributed by atoms with Gasteiger partial charge in [-0.05, 0) is 50.6 Å². The second-order valence-electron chi connectivity index (χ2n) is 5.17. The lowest BCUT2D eigenvalue weighted by Gasteiger charge is -2.25. The Morgan fingerprint density at radius 2 is 1.85 bits per heavy atom. The third-order valence-corrected chi connectivity index (χ3v) is 3.49. The molecule has 3 nitrogen and oxygen atoms in total. The van der Waals surface area contributed by atoms with Crippen LogP contribution in [0, 0.1) is 13.8 Å². The predicted octanol–water partition coefficient (Wildman–Crippen LogP) is 3.05. The van der Waals surface area contributed by atoms with Gasteiger partial charge in [-0.3, -0.25) is 4.98 Å². The SMILES string of the molecule is Cc1ccc(N(CCCN)Cc2ncccc2C)cc1. The largest absolute Gasteiger partial charge is 0.366 e. The van der Waals surface area contributed by atoms with Crippen LogP contribution in [0.25, 0.3) is 0 Å².